The highest BCUT2D eigenvalue weighted by Gasteiger charge is 2.10. The van der Waals surface area contributed by atoms with Gasteiger partial charge >= 0.3 is 5.97 Å². The van der Waals surface area contributed by atoms with Gasteiger partial charge in [-0.15, -0.1) is 11.3 Å². The molecule has 0 aliphatic carbocycles. The van der Waals surface area contributed by atoms with Crippen molar-refractivity contribution in [2.45, 2.75) is 13.1 Å². The number of hydrogen-bond acceptors (Lipinski definition) is 3. The molecule has 2 rings (SSSR count). The maximum atomic E-state index is 10.9. The van der Waals surface area contributed by atoms with Crippen molar-refractivity contribution in [2.24, 2.45) is 0 Å². The Morgan fingerprint density at radius 3 is 2.67 bits per heavy atom. The highest BCUT2D eigenvalue weighted by atomic mass is 35.5. The lowest BCUT2D eigenvalue weighted by Crippen LogP contribution is -2.14. The molecule has 0 aliphatic heterocycles. The molecule has 18 heavy (non-hydrogen) atoms. The van der Waals surface area contributed by atoms with E-state index in [1.807, 2.05) is 30.3 Å². The van der Waals surface area contributed by atoms with Crippen molar-refractivity contribution in [1.29, 1.82) is 0 Å². The van der Waals surface area contributed by atoms with Gasteiger partial charge in [0.1, 0.15) is 4.88 Å². The van der Waals surface area contributed by atoms with Gasteiger partial charge in [-0.25, -0.2) is 4.79 Å². The molecule has 0 aliphatic rings. The minimum atomic E-state index is -0.875. The third-order valence-corrected chi connectivity index (χ3v) is 3.84. The number of halogens is 1. The van der Waals surface area contributed by atoms with E-state index in [9.17, 15) is 4.79 Å². The Hall–Kier alpha value is -1.36. The topological polar surface area (TPSA) is 49.3 Å². The van der Waals surface area contributed by atoms with Crippen LogP contribution in [0.5, 0.6) is 0 Å². The van der Waals surface area contributed by atoms with Crippen LogP contribution in [-0.4, -0.2) is 11.1 Å². The standard InChI is InChI=1S/C13H12ClNO2S/c14-11-4-2-1-3-9(11)7-15-8-10-5-6-18-12(10)13(16)17/h1-6,15H,7-8H2,(H,16,17). The lowest BCUT2D eigenvalue weighted by Gasteiger charge is -2.06. The maximum absolute atomic E-state index is 10.9. The first kappa shape index (κ1) is 13.1. The van der Waals surface area contributed by atoms with Gasteiger partial charge in [0.05, 0.1) is 0 Å². The molecular weight excluding hydrogens is 270 g/mol. The molecule has 0 saturated heterocycles. The van der Waals surface area contributed by atoms with E-state index in [0.29, 0.717) is 23.0 Å². The number of nitrogens with one attached hydrogen (secondary N) is 1. The van der Waals surface area contributed by atoms with Crippen LogP contribution in [0.25, 0.3) is 0 Å². The van der Waals surface area contributed by atoms with Gasteiger partial charge in [-0.05, 0) is 28.6 Å². The zero-order valence-corrected chi connectivity index (χ0v) is 11.1. The van der Waals surface area contributed by atoms with E-state index in [1.165, 1.54) is 11.3 Å². The minimum absolute atomic E-state index is 0.390. The molecule has 5 heteroatoms. The summed E-state index contributed by atoms with van der Waals surface area (Å²) in [5, 5.41) is 14.7. The number of carboxylic acid groups (broad SMARTS) is 1. The fourth-order valence-electron chi connectivity index (χ4n) is 1.64. The Labute approximate surface area is 114 Å². The Bertz CT molecular complexity index is 553. The fraction of sp³-hybridized carbons (Fsp3) is 0.154. The molecule has 0 unspecified atom stereocenters. The molecule has 0 spiro atoms. The summed E-state index contributed by atoms with van der Waals surface area (Å²) in [5.74, 6) is -0.875. The molecule has 94 valence electrons. The van der Waals surface area contributed by atoms with Crippen LogP contribution in [0.2, 0.25) is 5.02 Å². The third kappa shape index (κ3) is 3.10. The molecule has 0 bridgehead atoms. The second kappa shape index (κ2) is 6.00. The number of benzene rings is 1. The van der Waals surface area contributed by atoms with Gasteiger partial charge < -0.3 is 10.4 Å². The number of thiophene rings is 1. The van der Waals surface area contributed by atoms with Gasteiger partial charge in [-0.2, -0.15) is 0 Å². The molecule has 1 aromatic heterocycles. The normalized spacial score (nSPS) is 10.5. The van der Waals surface area contributed by atoms with Gasteiger partial charge in [-0.1, -0.05) is 29.8 Å². The summed E-state index contributed by atoms with van der Waals surface area (Å²) in [4.78, 5) is 11.3. The van der Waals surface area contributed by atoms with E-state index >= 15 is 0 Å². The Kier molecular flexibility index (Phi) is 4.36. The molecular formula is C13H12ClNO2S. The van der Waals surface area contributed by atoms with Crippen molar-refractivity contribution >= 4 is 28.9 Å². The van der Waals surface area contributed by atoms with Crippen molar-refractivity contribution < 1.29 is 9.90 Å². The predicted molar refractivity (Wildman–Crippen MR) is 73.3 cm³/mol. The van der Waals surface area contributed by atoms with E-state index < -0.39 is 5.97 Å². The molecule has 2 N–H and O–H groups in total. The van der Waals surface area contributed by atoms with Crippen molar-refractivity contribution in [3.05, 3.63) is 56.7 Å². The van der Waals surface area contributed by atoms with Crippen molar-refractivity contribution in [2.75, 3.05) is 0 Å². The molecule has 2 aromatic rings. The van der Waals surface area contributed by atoms with E-state index in [2.05, 4.69) is 5.32 Å². The lowest BCUT2D eigenvalue weighted by atomic mass is 10.2. The highest BCUT2D eigenvalue weighted by Crippen LogP contribution is 2.18. The summed E-state index contributed by atoms with van der Waals surface area (Å²) < 4.78 is 0. The molecule has 3 nitrogen and oxygen atoms in total. The molecule has 1 heterocycles. The minimum Gasteiger partial charge on any atom is -0.477 e. The van der Waals surface area contributed by atoms with E-state index in [1.54, 1.807) is 5.38 Å². The van der Waals surface area contributed by atoms with Crippen LogP contribution in [0.3, 0.4) is 0 Å². The fourth-order valence-corrected chi connectivity index (χ4v) is 2.60. The smallest absolute Gasteiger partial charge is 0.346 e. The van der Waals surface area contributed by atoms with E-state index in [-0.39, 0.29) is 0 Å². The van der Waals surface area contributed by atoms with E-state index in [0.717, 1.165) is 11.1 Å². The molecule has 0 atom stereocenters. The average molecular weight is 282 g/mol. The Balaban J connectivity index is 1.95. The van der Waals surface area contributed by atoms with Crippen LogP contribution >= 0.6 is 22.9 Å². The summed E-state index contributed by atoms with van der Waals surface area (Å²) >= 11 is 7.28. The maximum Gasteiger partial charge on any atom is 0.346 e. The van der Waals surface area contributed by atoms with Gasteiger partial charge in [0.15, 0.2) is 0 Å². The summed E-state index contributed by atoms with van der Waals surface area (Å²) in [6.07, 6.45) is 0. The number of carboxylic acids is 1. The summed E-state index contributed by atoms with van der Waals surface area (Å²) in [5.41, 5.74) is 1.81. The second-order valence-corrected chi connectivity index (χ2v) is 5.10. The molecule has 0 amide bonds. The number of hydrogen-bond donors (Lipinski definition) is 2. The summed E-state index contributed by atoms with van der Waals surface area (Å²) in [6, 6.07) is 9.42. The SMILES string of the molecule is O=C(O)c1sccc1CNCc1ccccc1Cl. The quantitative estimate of drug-likeness (QED) is 0.883. The highest BCUT2D eigenvalue weighted by molar-refractivity contribution is 7.12. The lowest BCUT2D eigenvalue weighted by molar-refractivity contribution is 0.0701. The van der Waals surface area contributed by atoms with Crippen LogP contribution in [0.4, 0.5) is 0 Å². The number of carbonyl (C=O) groups is 1. The van der Waals surface area contributed by atoms with Crippen LogP contribution in [-0.2, 0) is 13.1 Å². The first-order chi connectivity index (χ1) is 8.68. The van der Waals surface area contributed by atoms with Crippen LogP contribution in [0.15, 0.2) is 35.7 Å². The monoisotopic (exact) mass is 281 g/mol. The summed E-state index contributed by atoms with van der Waals surface area (Å²) in [6.45, 7) is 1.14. The van der Waals surface area contributed by atoms with E-state index in [4.69, 9.17) is 16.7 Å². The largest absolute Gasteiger partial charge is 0.477 e. The van der Waals surface area contributed by atoms with Gasteiger partial charge in [0.2, 0.25) is 0 Å². The first-order valence-electron chi connectivity index (χ1n) is 5.42. The number of aromatic carboxylic acids is 1. The Morgan fingerprint density at radius 1 is 1.22 bits per heavy atom. The van der Waals surface area contributed by atoms with Crippen molar-refractivity contribution in [3.8, 4) is 0 Å². The molecule has 1 aromatic carbocycles. The molecule has 0 saturated carbocycles. The third-order valence-electron chi connectivity index (χ3n) is 2.53. The molecule has 0 radical (unpaired) electrons. The van der Waals surface area contributed by atoms with Crippen LogP contribution < -0.4 is 5.32 Å². The van der Waals surface area contributed by atoms with Gasteiger partial charge in [0, 0.05) is 18.1 Å². The zero-order chi connectivity index (χ0) is 13.0. The zero-order valence-electron chi connectivity index (χ0n) is 9.52. The summed E-state index contributed by atoms with van der Waals surface area (Å²) in [7, 11) is 0. The average Bonchev–Trinajstić information content (AvgIpc) is 2.80. The van der Waals surface area contributed by atoms with Gasteiger partial charge in [0.25, 0.3) is 0 Å². The number of rotatable bonds is 5. The predicted octanol–water partition coefficient (Wildman–Crippen LogP) is 3.39. The second-order valence-electron chi connectivity index (χ2n) is 3.78. The van der Waals surface area contributed by atoms with Crippen LogP contribution in [0, 0.1) is 0 Å². The van der Waals surface area contributed by atoms with Crippen molar-refractivity contribution in [1.82, 2.24) is 5.32 Å². The van der Waals surface area contributed by atoms with Crippen LogP contribution in [0.1, 0.15) is 20.8 Å². The van der Waals surface area contributed by atoms with Gasteiger partial charge in [-0.3, -0.25) is 0 Å². The Morgan fingerprint density at radius 2 is 1.94 bits per heavy atom. The molecule has 0 fully saturated rings. The first-order valence-corrected chi connectivity index (χ1v) is 6.68. The van der Waals surface area contributed by atoms with Crippen molar-refractivity contribution in [3.63, 3.8) is 0 Å².